The van der Waals surface area contributed by atoms with Crippen molar-refractivity contribution in [1.82, 2.24) is 0 Å². The summed E-state index contributed by atoms with van der Waals surface area (Å²) >= 11 is 5.94. The van der Waals surface area contributed by atoms with Crippen molar-refractivity contribution in [3.05, 3.63) is 40.9 Å². The van der Waals surface area contributed by atoms with Crippen LogP contribution in [-0.2, 0) is 0 Å². The van der Waals surface area contributed by atoms with Crippen LogP contribution in [0.2, 0.25) is 5.02 Å². The summed E-state index contributed by atoms with van der Waals surface area (Å²) in [4.78, 5) is 0. The van der Waals surface area contributed by atoms with Gasteiger partial charge in [0.15, 0.2) is 0 Å². The molecule has 1 N–H and O–H groups in total. The lowest BCUT2D eigenvalue weighted by molar-refractivity contribution is 0.786. The zero-order chi connectivity index (χ0) is 10.7. The third-order valence-corrected chi connectivity index (χ3v) is 2.81. The first-order chi connectivity index (χ1) is 7.31. The van der Waals surface area contributed by atoms with Crippen molar-refractivity contribution in [2.75, 3.05) is 5.32 Å². The van der Waals surface area contributed by atoms with Gasteiger partial charge in [0.2, 0.25) is 0 Å². The van der Waals surface area contributed by atoms with Gasteiger partial charge in [0, 0.05) is 6.04 Å². The van der Waals surface area contributed by atoms with E-state index in [1.807, 2.05) is 12.1 Å². The Balaban J connectivity index is 2.21. The van der Waals surface area contributed by atoms with Crippen molar-refractivity contribution < 1.29 is 0 Å². The highest BCUT2D eigenvalue weighted by molar-refractivity contribution is 6.32. The Morgan fingerprint density at radius 1 is 1.33 bits per heavy atom. The minimum absolute atomic E-state index is 0.399. The van der Waals surface area contributed by atoms with E-state index in [0.29, 0.717) is 16.6 Å². The van der Waals surface area contributed by atoms with Crippen LogP contribution in [0.4, 0.5) is 5.69 Å². The second kappa shape index (κ2) is 4.37. The van der Waals surface area contributed by atoms with Crippen LogP contribution in [0.15, 0.2) is 30.4 Å². The fraction of sp³-hybridized carbons (Fsp3) is 0.250. The van der Waals surface area contributed by atoms with Crippen molar-refractivity contribution in [3.8, 4) is 6.07 Å². The van der Waals surface area contributed by atoms with Gasteiger partial charge in [0.05, 0.1) is 16.3 Å². The average Bonchev–Trinajstić information content (AvgIpc) is 2.71. The number of nitrogens with zero attached hydrogens (tertiary/aromatic N) is 1. The maximum Gasteiger partial charge on any atom is 0.103 e. The number of hydrogen-bond acceptors (Lipinski definition) is 2. The van der Waals surface area contributed by atoms with Gasteiger partial charge in [0.25, 0.3) is 0 Å². The average molecular weight is 219 g/mol. The van der Waals surface area contributed by atoms with Gasteiger partial charge in [-0.2, -0.15) is 5.26 Å². The number of rotatable bonds is 2. The predicted molar refractivity (Wildman–Crippen MR) is 62.0 cm³/mol. The summed E-state index contributed by atoms with van der Waals surface area (Å²) in [6, 6.07) is 8.00. The maximum absolute atomic E-state index is 8.98. The van der Waals surface area contributed by atoms with E-state index in [-0.39, 0.29) is 0 Å². The molecule has 1 aliphatic rings. The van der Waals surface area contributed by atoms with Crippen LogP contribution in [0.1, 0.15) is 18.4 Å². The third kappa shape index (κ3) is 2.14. The molecule has 0 bridgehead atoms. The molecule has 0 atom stereocenters. The van der Waals surface area contributed by atoms with Crippen molar-refractivity contribution in [1.29, 1.82) is 5.26 Å². The lowest BCUT2D eigenvalue weighted by atomic mass is 10.1. The molecular formula is C12H11ClN2. The molecule has 1 aromatic carbocycles. The van der Waals surface area contributed by atoms with Crippen molar-refractivity contribution in [2.45, 2.75) is 18.9 Å². The Labute approximate surface area is 94.2 Å². The van der Waals surface area contributed by atoms with Gasteiger partial charge in [0.1, 0.15) is 6.07 Å². The summed E-state index contributed by atoms with van der Waals surface area (Å²) in [6.45, 7) is 0. The summed E-state index contributed by atoms with van der Waals surface area (Å²) in [7, 11) is 0. The minimum atomic E-state index is 0.399. The van der Waals surface area contributed by atoms with Crippen LogP contribution in [0, 0.1) is 11.3 Å². The first-order valence-corrected chi connectivity index (χ1v) is 5.29. The molecule has 0 saturated carbocycles. The molecule has 1 aromatic rings. The number of nitriles is 1. The van der Waals surface area contributed by atoms with Gasteiger partial charge in [-0.25, -0.2) is 0 Å². The molecule has 0 fully saturated rings. The summed E-state index contributed by atoms with van der Waals surface area (Å²) in [6.07, 6.45) is 6.32. The summed E-state index contributed by atoms with van der Waals surface area (Å²) < 4.78 is 0. The van der Waals surface area contributed by atoms with Crippen LogP contribution in [0.3, 0.4) is 0 Å². The quantitative estimate of drug-likeness (QED) is 0.773. The Bertz CT molecular complexity index is 424. The summed E-state index contributed by atoms with van der Waals surface area (Å²) in [5.41, 5.74) is 1.37. The van der Waals surface area contributed by atoms with E-state index in [1.165, 1.54) is 0 Å². The normalized spacial score (nSPS) is 15.2. The molecule has 76 valence electrons. The zero-order valence-electron chi connectivity index (χ0n) is 8.20. The van der Waals surface area contributed by atoms with E-state index >= 15 is 0 Å². The lowest BCUT2D eigenvalue weighted by Crippen LogP contribution is -2.15. The Morgan fingerprint density at radius 2 is 2.07 bits per heavy atom. The van der Waals surface area contributed by atoms with E-state index in [1.54, 1.807) is 6.07 Å². The van der Waals surface area contributed by atoms with Gasteiger partial charge >= 0.3 is 0 Å². The Hall–Kier alpha value is -1.46. The van der Waals surface area contributed by atoms with Gasteiger partial charge in [-0.1, -0.05) is 29.8 Å². The molecule has 0 unspecified atom stereocenters. The molecule has 0 amide bonds. The highest BCUT2D eigenvalue weighted by Crippen LogP contribution is 2.25. The number of halogens is 1. The molecule has 3 heteroatoms. The fourth-order valence-corrected chi connectivity index (χ4v) is 1.93. The number of hydrogen-bond donors (Lipinski definition) is 1. The monoisotopic (exact) mass is 218 g/mol. The van der Waals surface area contributed by atoms with Crippen LogP contribution in [-0.4, -0.2) is 6.04 Å². The Morgan fingerprint density at radius 3 is 2.73 bits per heavy atom. The molecule has 2 nitrogen and oxygen atoms in total. The lowest BCUT2D eigenvalue weighted by Gasteiger charge is -2.15. The van der Waals surface area contributed by atoms with Crippen molar-refractivity contribution in [2.24, 2.45) is 0 Å². The second-order valence-corrected chi connectivity index (χ2v) is 3.97. The number of benzene rings is 1. The molecule has 15 heavy (non-hydrogen) atoms. The highest BCUT2D eigenvalue weighted by atomic mass is 35.5. The van der Waals surface area contributed by atoms with Crippen molar-refractivity contribution >= 4 is 17.3 Å². The Kier molecular flexibility index (Phi) is 2.94. The second-order valence-electron chi connectivity index (χ2n) is 3.56. The largest absolute Gasteiger partial charge is 0.381 e. The van der Waals surface area contributed by atoms with Gasteiger partial charge < -0.3 is 5.32 Å². The van der Waals surface area contributed by atoms with E-state index in [2.05, 4.69) is 23.5 Å². The molecule has 2 rings (SSSR count). The standard InChI is InChI=1S/C12H11ClN2/c13-11-6-3-7-12(10(11)8-14)15-9-4-1-2-5-9/h1-3,6-7,9,15H,4-5H2. The van der Waals surface area contributed by atoms with Gasteiger partial charge in [-0.05, 0) is 25.0 Å². The first-order valence-electron chi connectivity index (χ1n) is 4.91. The van der Waals surface area contributed by atoms with E-state index < -0.39 is 0 Å². The van der Waals surface area contributed by atoms with E-state index in [4.69, 9.17) is 16.9 Å². The highest BCUT2D eigenvalue weighted by Gasteiger charge is 2.13. The summed E-state index contributed by atoms with van der Waals surface area (Å²) in [5, 5.41) is 12.8. The van der Waals surface area contributed by atoms with Crippen molar-refractivity contribution in [3.63, 3.8) is 0 Å². The van der Waals surface area contributed by atoms with Crippen LogP contribution in [0.5, 0.6) is 0 Å². The molecule has 0 radical (unpaired) electrons. The molecule has 0 aromatic heterocycles. The smallest absolute Gasteiger partial charge is 0.103 e. The fourth-order valence-electron chi connectivity index (χ4n) is 1.71. The van der Waals surface area contributed by atoms with Gasteiger partial charge in [-0.3, -0.25) is 0 Å². The maximum atomic E-state index is 8.98. The number of anilines is 1. The SMILES string of the molecule is N#Cc1c(Cl)cccc1NC1CC=CC1. The third-order valence-electron chi connectivity index (χ3n) is 2.49. The van der Waals surface area contributed by atoms with Crippen LogP contribution < -0.4 is 5.32 Å². The van der Waals surface area contributed by atoms with Gasteiger partial charge in [-0.15, -0.1) is 0 Å². The van der Waals surface area contributed by atoms with E-state index in [0.717, 1.165) is 18.5 Å². The molecule has 0 heterocycles. The number of nitrogens with one attached hydrogen (secondary N) is 1. The summed E-state index contributed by atoms with van der Waals surface area (Å²) in [5.74, 6) is 0. The minimum Gasteiger partial charge on any atom is -0.381 e. The topological polar surface area (TPSA) is 35.8 Å². The molecule has 0 saturated heterocycles. The molecular weight excluding hydrogens is 208 g/mol. The zero-order valence-corrected chi connectivity index (χ0v) is 8.96. The van der Waals surface area contributed by atoms with Crippen LogP contribution >= 0.6 is 11.6 Å². The predicted octanol–water partition coefficient (Wildman–Crippen LogP) is 3.34. The molecule has 0 aliphatic heterocycles. The molecule has 0 spiro atoms. The van der Waals surface area contributed by atoms with Crippen LogP contribution in [0.25, 0.3) is 0 Å². The first kappa shape index (κ1) is 10.1. The molecule has 1 aliphatic carbocycles. The van der Waals surface area contributed by atoms with E-state index in [9.17, 15) is 0 Å².